The second-order valence-electron chi connectivity index (χ2n) is 1.84. The lowest BCUT2D eigenvalue weighted by atomic mass is 10.3. The molecular weight excluding hydrogens is 176 g/mol. The largest absolute Gasteiger partial charge is 0.409 e. The zero-order chi connectivity index (χ0) is 10.4. The van der Waals surface area contributed by atoms with E-state index in [2.05, 4.69) is 23.4 Å². The molecule has 0 saturated carbocycles. The Bertz CT molecular complexity index is 305. The van der Waals surface area contributed by atoms with Gasteiger partial charge in [-0.25, -0.2) is 0 Å². The van der Waals surface area contributed by atoms with E-state index in [0.29, 0.717) is 0 Å². The number of nitrogens with zero attached hydrogens (tertiary/aromatic N) is 3. The second-order valence-corrected chi connectivity index (χ2v) is 1.84. The fourth-order valence-corrected chi connectivity index (χ4v) is 0.598. The van der Waals surface area contributed by atoms with Gasteiger partial charge in [0.15, 0.2) is 11.5 Å². The molecule has 0 atom stereocenters. The van der Waals surface area contributed by atoms with Crippen LogP contribution in [0.3, 0.4) is 0 Å². The lowest BCUT2D eigenvalue weighted by molar-refractivity contribution is -0.419. The average molecular weight is 184 g/mol. The predicted octanol–water partition coefficient (Wildman–Crippen LogP) is 0.108. The van der Waals surface area contributed by atoms with Gasteiger partial charge in [-0.3, -0.25) is 15.1 Å². The number of amidine groups is 1. The molecule has 0 rings (SSSR count). The molecule has 0 saturated heterocycles. The number of oxime groups is 1. The maximum absolute atomic E-state index is 10.3. The third-order valence-corrected chi connectivity index (χ3v) is 1.14. The summed E-state index contributed by atoms with van der Waals surface area (Å²) in [5, 5.41) is 21.2. The molecule has 7 nitrogen and oxygen atoms in total. The summed E-state index contributed by atoms with van der Waals surface area (Å²) < 4.78 is 0. The van der Waals surface area contributed by atoms with Gasteiger partial charge >= 0.3 is 0 Å². The molecule has 0 aliphatic rings. The van der Waals surface area contributed by atoms with Gasteiger partial charge in [0, 0.05) is 6.08 Å². The number of hydrogen-bond acceptors (Lipinski definition) is 5. The number of rotatable bonds is 4. The zero-order valence-corrected chi connectivity index (χ0v) is 6.67. The summed E-state index contributed by atoms with van der Waals surface area (Å²) in [6.45, 7) is 6.24. The Morgan fingerprint density at radius 2 is 2.23 bits per heavy atom. The first-order valence-corrected chi connectivity index (χ1v) is 3.04. The summed E-state index contributed by atoms with van der Waals surface area (Å²) in [5.41, 5.74) is 4.31. The van der Waals surface area contributed by atoms with Crippen LogP contribution in [0.5, 0.6) is 0 Å². The summed E-state index contributed by atoms with van der Waals surface area (Å²) in [6.07, 6.45) is 0.933. The van der Waals surface area contributed by atoms with Crippen molar-refractivity contribution in [1.82, 2.24) is 0 Å². The van der Waals surface area contributed by atoms with Gasteiger partial charge in [0.05, 0.1) is 4.92 Å². The molecule has 13 heavy (non-hydrogen) atoms. The van der Waals surface area contributed by atoms with Crippen molar-refractivity contribution in [3.05, 3.63) is 34.2 Å². The van der Waals surface area contributed by atoms with Gasteiger partial charge in [-0.1, -0.05) is 11.7 Å². The van der Waals surface area contributed by atoms with Crippen molar-refractivity contribution in [2.24, 2.45) is 15.9 Å². The summed E-state index contributed by atoms with van der Waals surface area (Å²) in [7, 11) is 0. The van der Waals surface area contributed by atoms with Crippen LogP contribution in [-0.4, -0.2) is 22.7 Å². The molecule has 0 aromatic heterocycles. The Hall–Kier alpha value is -2.18. The van der Waals surface area contributed by atoms with Crippen molar-refractivity contribution in [3.8, 4) is 0 Å². The number of aliphatic imine (C=N–C) groups is 1. The van der Waals surface area contributed by atoms with E-state index in [1.807, 2.05) is 0 Å². The molecule has 0 fully saturated rings. The van der Waals surface area contributed by atoms with Crippen molar-refractivity contribution >= 4 is 12.6 Å². The van der Waals surface area contributed by atoms with E-state index in [9.17, 15) is 10.1 Å². The topological polar surface area (TPSA) is 114 Å². The first kappa shape index (κ1) is 10.8. The third-order valence-electron chi connectivity index (χ3n) is 1.14. The molecule has 0 bridgehead atoms. The van der Waals surface area contributed by atoms with Crippen molar-refractivity contribution in [3.63, 3.8) is 0 Å². The van der Waals surface area contributed by atoms with Crippen LogP contribution in [0.4, 0.5) is 0 Å². The number of nitro groups is 1. The zero-order valence-electron chi connectivity index (χ0n) is 6.67. The summed E-state index contributed by atoms with van der Waals surface area (Å²) in [6, 6.07) is 0. The fraction of sp³-hybridized carbons (Fsp3) is 0. The second kappa shape index (κ2) is 4.65. The van der Waals surface area contributed by atoms with E-state index in [-0.39, 0.29) is 5.70 Å². The van der Waals surface area contributed by atoms with Crippen molar-refractivity contribution in [1.29, 1.82) is 0 Å². The maximum atomic E-state index is 10.3. The van der Waals surface area contributed by atoms with Crippen LogP contribution in [0.25, 0.3) is 0 Å². The van der Waals surface area contributed by atoms with Crippen molar-refractivity contribution in [2.45, 2.75) is 0 Å². The summed E-state index contributed by atoms with van der Waals surface area (Å²) in [5.74, 6) is -0.485. The molecular formula is C6H8N4O3. The van der Waals surface area contributed by atoms with Gasteiger partial charge in [-0.15, -0.1) is 0 Å². The van der Waals surface area contributed by atoms with Gasteiger partial charge < -0.3 is 10.9 Å². The highest BCUT2D eigenvalue weighted by Crippen LogP contribution is 2.07. The highest BCUT2D eigenvalue weighted by atomic mass is 16.6. The van der Waals surface area contributed by atoms with E-state index in [1.54, 1.807) is 0 Å². The molecule has 0 aliphatic heterocycles. The molecule has 0 unspecified atom stereocenters. The Balaban J connectivity index is 5.43. The SMILES string of the molecule is C=C/C(=C(N=C)/C(N)=N/O)[N+](=O)[O-]. The van der Waals surface area contributed by atoms with E-state index in [1.165, 1.54) is 0 Å². The third kappa shape index (κ3) is 2.40. The molecule has 0 aliphatic carbocycles. The first-order valence-electron chi connectivity index (χ1n) is 3.04. The van der Waals surface area contributed by atoms with E-state index < -0.39 is 16.5 Å². The molecule has 0 radical (unpaired) electrons. The molecule has 0 heterocycles. The van der Waals surface area contributed by atoms with Gasteiger partial charge in [0.25, 0.3) is 5.70 Å². The average Bonchev–Trinajstić information content (AvgIpc) is 2.12. The van der Waals surface area contributed by atoms with Crippen molar-refractivity contribution < 1.29 is 10.1 Å². The summed E-state index contributed by atoms with van der Waals surface area (Å²) in [4.78, 5) is 12.8. The lowest BCUT2D eigenvalue weighted by Crippen LogP contribution is -2.17. The highest BCUT2D eigenvalue weighted by Gasteiger charge is 2.17. The fourth-order valence-electron chi connectivity index (χ4n) is 0.598. The minimum atomic E-state index is -0.755. The normalized spacial score (nSPS) is 13.1. The Kier molecular flexibility index (Phi) is 3.87. The smallest absolute Gasteiger partial charge is 0.298 e. The molecule has 70 valence electrons. The van der Waals surface area contributed by atoms with E-state index in [0.717, 1.165) is 6.08 Å². The predicted molar refractivity (Wildman–Crippen MR) is 47.2 cm³/mol. The first-order chi connectivity index (χ1) is 6.08. The van der Waals surface area contributed by atoms with Crippen LogP contribution in [0.1, 0.15) is 0 Å². The van der Waals surface area contributed by atoms with Gasteiger partial charge in [-0.2, -0.15) is 0 Å². The number of allylic oxidation sites excluding steroid dienone is 1. The monoisotopic (exact) mass is 184 g/mol. The maximum Gasteiger partial charge on any atom is 0.298 e. The van der Waals surface area contributed by atoms with Crippen LogP contribution in [0, 0.1) is 10.1 Å². The molecule has 0 aromatic carbocycles. The Morgan fingerprint density at radius 3 is 2.46 bits per heavy atom. The van der Waals surface area contributed by atoms with Gasteiger partial charge in [0.1, 0.15) is 0 Å². The lowest BCUT2D eigenvalue weighted by Gasteiger charge is -1.97. The Labute approximate surface area is 73.7 Å². The molecule has 3 N–H and O–H groups in total. The van der Waals surface area contributed by atoms with Crippen LogP contribution < -0.4 is 5.73 Å². The highest BCUT2D eigenvalue weighted by molar-refractivity contribution is 5.97. The Morgan fingerprint density at radius 1 is 1.69 bits per heavy atom. The molecule has 0 amide bonds. The molecule has 0 aromatic rings. The van der Waals surface area contributed by atoms with Crippen LogP contribution in [-0.2, 0) is 0 Å². The van der Waals surface area contributed by atoms with E-state index in [4.69, 9.17) is 10.9 Å². The number of hydrogen-bond donors (Lipinski definition) is 2. The minimum Gasteiger partial charge on any atom is -0.409 e. The standard InChI is InChI=1S/C6H8N4O3/c1-3-4(10(12)13)5(8-2)6(7)9-11/h3,11H,1-2H2,(H2,7,9)/b5-4+. The van der Waals surface area contributed by atoms with Crippen LogP contribution >= 0.6 is 0 Å². The van der Waals surface area contributed by atoms with Gasteiger partial charge in [-0.05, 0) is 6.72 Å². The van der Waals surface area contributed by atoms with Gasteiger partial charge in [0.2, 0.25) is 0 Å². The van der Waals surface area contributed by atoms with Crippen molar-refractivity contribution in [2.75, 3.05) is 0 Å². The van der Waals surface area contributed by atoms with Crippen LogP contribution in [0.15, 0.2) is 34.2 Å². The molecule has 7 heteroatoms. The quantitative estimate of drug-likeness (QED) is 0.161. The summed E-state index contributed by atoms with van der Waals surface area (Å²) >= 11 is 0. The van der Waals surface area contributed by atoms with E-state index >= 15 is 0 Å². The molecule has 0 spiro atoms. The number of nitrogens with two attached hydrogens (primary N) is 1. The minimum absolute atomic E-state index is 0.317. The van der Waals surface area contributed by atoms with Crippen LogP contribution in [0.2, 0.25) is 0 Å².